The monoisotopic (exact) mass is 369 g/mol. The Kier molecular flexibility index (Phi) is 4.49. The molecule has 0 saturated carbocycles. The van der Waals surface area contributed by atoms with Gasteiger partial charge in [0.15, 0.2) is 17.5 Å². The van der Waals surface area contributed by atoms with Gasteiger partial charge in [-0.25, -0.2) is 18.7 Å². The van der Waals surface area contributed by atoms with Crippen molar-refractivity contribution in [2.24, 2.45) is 0 Å². The van der Waals surface area contributed by atoms with Crippen molar-refractivity contribution in [3.63, 3.8) is 0 Å². The predicted molar refractivity (Wildman–Crippen MR) is 94.8 cm³/mol. The Morgan fingerprint density at radius 2 is 2.07 bits per heavy atom. The first-order chi connectivity index (χ1) is 13.0. The lowest BCUT2D eigenvalue weighted by atomic mass is 10.1. The summed E-state index contributed by atoms with van der Waals surface area (Å²) in [5, 5.41) is 0. The number of nitrogens with zero attached hydrogens (tertiary/aromatic N) is 4. The van der Waals surface area contributed by atoms with E-state index >= 15 is 0 Å². The highest BCUT2D eigenvalue weighted by atomic mass is 19.2. The summed E-state index contributed by atoms with van der Waals surface area (Å²) in [7, 11) is 0. The van der Waals surface area contributed by atoms with Crippen molar-refractivity contribution in [1.29, 1.82) is 0 Å². The highest BCUT2D eigenvalue weighted by molar-refractivity contribution is 5.48. The maximum absolute atomic E-state index is 13.9. The molecule has 138 valence electrons. The van der Waals surface area contributed by atoms with Crippen LogP contribution in [-0.4, -0.2) is 31.4 Å². The molecule has 1 N–H and O–H groups in total. The minimum Gasteiger partial charge on any atom is -0.305 e. The number of aromatic amines is 1. The molecule has 0 atom stereocenters. The molecule has 3 aromatic rings. The van der Waals surface area contributed by atoms with Gasteiger partial charge in [-0.05, 0) is 19.4 Å². The lowest BCUT2D eigenvalue weighted by Gasteiger charge is -2.27. The number of hydrogen-bond donors (Lipinski definition) is 1. The van der Waals surface area contributed by atoms with Crippen molar-refractivity contribution in [3.8, 4) is 11.5 Å². The average molecular weight is 369 g/mol. The number of H-pyrrole nitrogens is 1. The number of aryl methyl sites for hydroxylation is 1. The van der Waals surface area contributed by atoms with E-state index in [4.69, 9.17) is 0 Å². The fourth-order valence-electron chi connectivity index (χ4n) is 3.18. The van der Waals surface area contributed by atoms with E-state index in [0.717, 1.165) is 11.8 Å². The lowest BCUT2D eigenvalue weighted by molar-refractivity contribution is 0.236. The number of benzene rings is 1. The Morgan fingerprint density at radius 1 is 1.22 bits per heavy atom. The van der Waals surface area contributed by atoms with Gasteiger partial charge in [0.1, 0.15) is 5.69 Å². The summed E-state index contributed by atoms with van der Waals surface area (Å²) in [5.41, 5.74) is 2.58. The summed E-state index contributed by atoms with van der Waals surface area (Å²) < 4.78 is 27.4. The van der Waals surface area contributed by atoms with Crippen LogP contribution in [0.4, 0.5) is 8.78 Å². The summed E-state index contributed by atoms with van der Waals surface area (Å²) in [6.45, 7) is 3.01. The highest BCUT2D eigenvalue weighted by Gasteiger charge is 2.23. The third kappa shape index (κ3) is 3.48. The summed E-state index contributed by atoms with van der Waals surface area (Å²) in [6, 6.07) is 4.15. The second-order valence-corrected chi connectivity index (χ2v) is 6.56. The van der Waals surface area contributed by atoms with Crippen LogP contribution in [0.15, 0.2) is 35.4 Å². The molecule has 8 heteroatoms. The maximum atomic E-state index is 13.9. The molecule has 0 spiro atoms. The van der Waals surface area contributed by atoms with Crippen LogP contribution in [0.1, 0.15) is 22.5 Å². The van der Waals surface area contributed by atoms with Gasteiger partial charge in [-0.15, -0.1) is 0 Å². The number of aromatic nitrogens is 4. The van der Waals surface area contributed by atoms with Gasteiger partial charge in [0.05, 0.1) is 17.6 Å². The Labute approximate surface area is 153 Å². The zero-order chi connectivity index (χ0) is 19.0. The first-order valence-corrected chi connectivity index (χ1v) is 8.57. The molecule has 0 unspecified atom stereocenters. The summed E-state index contributed by atoms with van der Waals surface area (Å²) in [6.07, 6.45) is 3.66. The van der Waals surface area contributed by atoms with Gasteiger partial charge in [0.25, 0.3) is 5.56 Å². The van der Waals surface area contributed by atoms with E-state index in [2.05, 4.69) is 19.9 Å². The molecule has 0 saturated heterocycles. The van der Waals surface area contributed by atoms with Gasteiger partial charge >= 0.3 is 0 Å². The largest absolute Gasteiger partial charge is 0.305 e. The first kappa shape index (κ1) is 17.4. The molecule has 1 aromatic carbocycles. The molecule has 3 heterocycles. The molecule has 6 nitrogen and oxygen atoms in total. The number of halogens is 2. The van der Waals surface area contributed by atoms with E-state index in [1.165, 1.54) is 6.07 Å². The van der Waals surface area contributed by atoms with E-state index in [1.54, 1.807) is 18.5 Å². The van der Waals surface area contributed by atoms with Crippen LogP contribution in [0.5, 0.6) is 0 Å². The minimum absolute atomic E-state index is 0.200. The van der Waals surface area contributed by atoms with Crippen LogP contribution >= 0.6 is 0 Å². The van der Waals surface area contributed by atoms with Crippen molar-refractivity contribution in [3.05, 3.63) is 75.1 Å². The van der Waals surface area contributed by atoms with Crippen LogP contribution in [-0.2, 0) is 19.5 Å². The first-order valence-electron chi connectivity index (χ1n) is 8.57. The molecule has 1 aliphatic rings. The number of hydrogen-bond acceptors (Lipinski definition) is 5. The Bertz CT molecular complexity index is 1050. The van der Waals surface area contributed by atoms with Crippen molar-refractivity contribution in [1.82, 2.24) is 24.8 Å². The molecule has 0 radical (unpaired) electrons. The molecule has 2 aromatic heterocycles. The maximum Gasteiger partial charge on any atom is 0.254 e. The second-order valence-electron chi connectivity index (χ2n) is 6.56. The van der Waals surface area contributed by atoms with Crippen LogP contribution in [0, 0.1) is 18.6 Å². The smallest absolute Gasteiger partial charge is 0.254 e. The highest BCUT2D eigenvalue weighted by Crippen LogP contribution is 2.20. The van der Waals surface area contributed by atoms with Crippen LogP contribution in [0.2, 0.25) is 0 Å². The Balaban J connectivity index is 1.62. The van der Waals surface area contributed by atoms with Gasteiger partial charge in [0.2, 0.25) is 0 Å². The van der Waals surface area contributed by atoms with Crippen molar-refractivity contribution in [2.75, 3.05) is 6.54 Å². The third-order valence-corrected chi connectivity index (χ3v) is 4.60. The van der Waals surface area contributed by atoms with Gasteiger partial charge in [-0.3, -0.25) is 14.7 Å². The third-order valence-electron chi connectivity index (χ3n) is 4.60. The Morgan fingerprint density at radius 3 is 2.85 bits per heavy atom. The Hall–Kier alpha value is -3.00. The molecule has 0 aliphatic carbocycles. The molecule has 0 bridgehead atoms. The molecular weight excluding hydrogens is 352 g/mol. The number of nitrogens with one attached hydrogen (secondary N) is 1. The van der Waals surface area contributed by atoms with Crippen LogP contribution in [0.25, 0.3) is 11.5 Å². The zero-order valence-corrected chi connectivity index (χ0v) is 14.7. The van der Waals surface area contributed by atoms with Crippen LogP contribution < -0.4 is 5.56 Å². The summed E-state index contributed by atoms with van der Waals surface area (Å²) >= 11 is 0. The molecule has 27 heavy (non-hydrogen) atoms. The van der Waals surface area contributed by atoms with Gasteiger partial charge < -0.3 is 4.98 Å². The van der Waals surface area contributed by atoms with Crippen molar-refractivity contribution >= 4 is 0 Å². The minimum atomic E-state index is -0.861. The zero-order valence-electron chi connectivity index (χ0n) is 14.7. The quantitative estimate of drug-likeness (QED) is 0.767. The normalized spacial score (nSPS) is 14.2. The fraction of sp³-hybridized carbons (Fsp3) is 0.263. The average Bonchev–Trinajstić information content (AvgIpc) is 2.66. The molecule has 0 fully saturated rings. The SMILES string of the molecule is Cc1cnc(-c2nc3c(c(=O)[nH]2)CCN(Cc2cccc(F)c2F)C3)cn1. The topological polar surface area (TPSA) is 74.8 Å². The van der Waals surface area contributed by atoms with E-state index in [-0.39, 0.29) is 17.7 Å². The predicted octanol–water partition coefficient (Wildman–Crippen LogP) is 2.37. The standard InChI is InChI=1S/C19H17F2N5O/c1-11-7-23-15(8-22-11)18-24-16-10-26(6-5-13(16)19(27)25-18)9-12-3-2-4-14(20)17(12)21/h2-4,7-8H,5-6,9-10H2,1H3,(H,24,25,27). The van der Waals surface area contributed by atoms with Gasteiger partial charge in [0, 0.05) is 37.0 Å². The number of fused-ring (bicyclic) bond motifs is 1. The van der Waals surface area contributed by atoms with Crippen molar-refractivity contribution in [2.45, 2.75) is 26.4 Å². The van der Waals surface area contributed by atoms with E-state index in [9.17, 15) is 13.6 Å². The molecule has 4 rings (SSSR count). The number of rotatable bonds is 3. The van der Waals surface area contributed by atoms with E-state index in [1.807, 2.05) is 11.8 Å². The molecular formula is C19H17F2N5O. The fourth-order valence-corrected chi connectivity index (χ4v) is 3.18. The van der Waals surface area contributed by atoms with Gasteiger partial charge in [-0.1, -0.05) is 12.1 Å². The van der Waals surface area contributed by atoms with Crippen molar-refractivity contribution < 1.29 is 8.78 Å². The second kappa shape index (κ2) is 6.96. The van der Waals surface area contributed by atoms with Crippen LogP contribution in [0.3, 0.4) is 0 Å². The van der Waals surface area contributed by atoms with E-state index < -0.39 is 11.6 Å². The summed E-state index contributed by atoms with van der Waals surface area (Å²) in [4.78, 5) is 30.1. The summed E-state index contributed by atoms with van der Waals surface area (Å²) in [5.74, 6) is -1.34. The lowest BCUT2D eigenvalue weighted by Crippen LogP contribution is -2.35. The molecule has 0 amide bonds. The van der Waals surface area contributed by atoms with E-state index in [0.29, 0.717) is 42.3 Å². The molecule has 1 aliphatic heterocycles. The van der Waals surface area contributed by atoms with Gasteiger partial charge in [-0.2, -0.15) is 0 Å².